The lowest BCUT2D eigenvalue weighted by Gasteiger charge is -2.40. The van der Waals surface area contributed by atoms with Crippen molar-refractivity contribution in [2.45, 2.75) is 37.7 Å². The van der Waals surface area contributed by atoms with Gasteiger partial charge in [-0.2, -0.15) is 0 Å². The first-order valence-electron chi connectivity index (χ1n) is 7.26. The highest BCUT2D eigenvalue weighted by molar-refractivity contribution is 5.86. The van der Waals surface area contributed by atoms with Gasteiger partial charge in [0.05, 0.1) is 19.8 Å². The molecule has 0 radical (unpaired) electrons. The van der Waals surface area contributed by atoms with Crippen molar-refractivity contribution in [3.63, 3.8) is 0 Å². The Morgan fingerprint density at radius 2 is 2.13 bits per heavy atom. The molecule has 132 valence electrons. The number of hydrogen-bond donors (Lipinski definition) is 5. The molecule has 1 heterocycles. The van der Waals surface area contributed by atoms with Gasteiger partial charge in [-0.05, 0) is 19.0 Å². The molecule has 1 aliphatic heterocycles. The molecule has 0 unspecified atom stereocenters. The Balaban J connectivity index is 3.17. The third-order valence-corrected chi connectivity index (χ3v) is 3.62. The number of esters is 1. The minimum Gasteiger partial charge on any atom is -0.478 e. The zero-order valence-corrected chi connectivity index (χ0v) is 13.1. The summed E-state index contributed by atoms with van der Waals surface area (Å²) >= 11 is 0. The molecule has 1 amide bonds. The summed E-state index contributed by atoms with van der Waals surface area (Å²) in [6.07, 6.45) is -2.27. The van der Waals surface area contributed by atoms with E-state index in [1.165, 1.54) is 20.1 Å². The molecule has 0 spiro atoms. The van der Waals surface area contributed by atoms with E-state index in [2.05, 4.69) is 10.1 Å². The summed E-state index contributed by atoms with van der Waals surface area (Å²) < 4.78 is 10.0. The van der Waals surface area contributed by atoms with Crippen molar-refractivity contribution in [3.8, 4) is 0 Å². The van der Waals surface area contributed by atoms with E-state index < -0.39 is 42.8 Å². The topological polar surface area (TPSA) is 151 Å². The van der Waals surface area contributed by atoms with E-state index in [9.17, 15) is 19.8 Å². The molecule has 0 aromatic heterocycles. The summed E-state index contributed by atoms with van der Waals surface area (Å²) in [5, 5.41) is 31.5. The molecule has 5 atom stereocenters. The van der Waals surface area contributed by atoms with Crippen molar-refractivity contribution in [3.05, 3.63) is 11.8 Å². The van der Waals surface area contributed by atoms with Crippen molar-refractivity contribution in [2.24, 2.45) is 11.7 Å². The van der Waals surface area contributed by atoms with Crippen LogP contribution in [0.5, 0.6) is 0 Å². The van der Waals surface area contributed by atoms with Crippen molar-refractivity contribution in [1.82, 2.24) is 5.32 Å². The minimum absolute atomic E-state index is 0.137. The Hall–Kier alpha value is -1.68. The third kappa shape index (κ3) is 4.90. The number of methoxy groups -OCH3 is 1. The monoisotopic (exact) mass is 332 g/mol. The van der Waals surface area contributed by atoms with Gasteiger partial charge < -0.3 is 35.8 Å². The SMILES string of the molecule is COC(=O)C1=C[C@H](CCN)[C@@H](NC(C)=O)[C@H]([C@H](O)[C@H](O)CO)O1. The van der Waals surface area contributed by atoms with E-state index in [0.717, 1.165) is 0 Å². The number of hydrogen-bond acceptors (Lipinski definition) is 8. The van der Waals surface area contributed by atoms with Crippen LogP contribution in [0.3, 0.4) is 0 Å². The van der Waals surface area contributed by atoms with Crippen LogP contribution in [0.1, 0.15) is 13.3 Å². The summed E-state index contributed by atoms with van der Waals surface area (Å²) in [4.78, 5) is 23.2. The molecule has 1 aliphatic rings. The van der Waals surface area contributed by atoms with E-state index in [4.69, 9.17) is 15.6 Å². The van der Waals surface area contributed by atoms with Gasteiger partial charge in [0.15, 0.2) is 0 Å². The van der Waals surface area contributed by atoms with Crippen LogP contribution in [0.25, 0.3) is 0 Å². The lowest BCUT2D eigenvalue weighted by Crippen LogP contribution is -2.58. The number of ether oxygens (including phenoxy) is 2. The predicted molar refractivity (Wildman–Crippen MR) is 78.8 cm³/mol. The zero-order valence-electron chi connectivity index (χ0n) is 13.1. The van der Waals surface area contributed by atoms with Crippen LogP contribution in [-0.4, -0.2) is 71.8 Å². The number of nitrogens with one attached hydrogen (secondary N) is 1. The highest BCUT2D eigenvalue weighted by Gasteiger charge is 2.43. The molecule has 9 nitrogen and oxygen atoms in total. The lowest BCUT2D eigenvalue weighted by atomic mass is 9.85. The van der Waals surface area contributed by atoms with Gasteiger partial charge in [0.2, 0.25) is 11.7 Å². The molecule has 0 fully saturated rings. The third-order valence-electron chi connectivity index (χ3n) is 3.62. The van der Waals surface area contributed by atoms with E-state index in [0.29, 0.717) is 6.42 Å². The second kappa shape index (κ2) is 8.82. The molecule has 0 aromatic rings. The number of carbonyl (C=O) groups is 2. The van der Waals surface area contributed by atoms with E-state index in [1.807, 2.05) is 0 Å². The second-order valence-electron chi connectivity index (χ2n) is 5.31. The average molecular weight is 332 g/mol. The lowest BCUT2D eigenvalue weighted by molar-refractivity contribution is -0.150. The van der Waals surface area contributed by atoms with Gasteiger partial charge in [0, 0.05) is 12.8 Å². The first-order valence-corrected chi connectivity index (χ1v) is 7.26. The number of aliphatic hydroxyl groups excluding tert-OH is 3. The molecular weight excluding hydrogens is 308 g/mol. The summed E-state index contributed by atoms with van der Waals surface area (Å²) in [6, 6.07) is -0.722. The van der Waals surface area contributed by atoms with Crippen LogP contribution in [0.2, 0.25) is 0 Å². The Morgan fingerprint density at radius 3 is 2.61 bits per heavy atom. The fourth-order valence-electron chi connectivity index (χ4n) is 2.51. The Morgan fingerprint density at radius 1 is 1.48 bits per heavy atom. The maximum absolute atomic E-state index is 11.7. The molecule has 0 aliphatic carbocycles. The second-order valence-corrected chi connectivity index (χ2v) is 5.31. The quantitative estimate of drug-likeness (QED) is 0.324. The Bertz CT molecular complexity index is 454. The van der Waals surface area contributed by atoms with Gasteiger partial charge >= 0.3 is 5.97 Å². The summed E-state index contributed by atoms with van der Waals surface area (Å²) in [6.45, 7) is 0.870. The van der Waals surface area contributed by atoms with Gasteiger partial charge in [-0.15, -0.1) is 0 Å². The first-order chi connectivity index (χ1) is 10.8. The molecule has 0 saturated carbocycles. The van der Waals surface area contributed by atoms with Gasteiger partial charge in [-0.25, -0.2) is 4.79 Å². The largest absolute Gasteiger partial charge is 0.478 e. The van der Waals surface area contributed by atoms with Gasteiger partial charge in [-0.1, -0.05) is 0 Å². The molecule has 9 heteroatoms. The smallest absolute Gasteiger partial charge is 0.372 e. The molecule has 0 saturated heterocycles. The Kier molecular flexibility index (Phi) is 7.43. The highest BCUT2D eigenvalue weighted by Crippen LogP contribution is 2.28. The Labute approximate surface area is 134 Å². The summed E-state index contributed by atoms with van der Waals surface area (Å²) in [5.41, 5.74) is 5.56. The van der Waals surface area contributed by atoms with Crippen molar-refractivity contribution in [2.75, 3.05) is 20.3 Å². The number of rotatable bonds is 7. The van der Waals surface area contributed by atoms with Crippen molar-refractivity contribution < 1.29 is 34.4 Å². The van der Waals surface area contributed by atoms with Crippen molar-refractivity contribution >= 4 is 11.9 Å². The number of aliphatic hydroxyl groups is 3. The molecule has 0 aromatic carbocycles. The highest BCUT2D eigenvalue weighted by atomic mass is 16.6. The fourth-order valence-corrected chi connectivity index (χ4v) is 2.51. The number of amides is 1. The fraction of sp³-hybridized carbons (Fsp3) is 0.714. The molecular formula is C14H24N2O7. The van der Waals surface area contributed by atoms with Crippen molar-refractivity contribution in [1.29, 1.82) is 0 Å². The standard InChI is InChI=1S/C14H24N2O7/c1-7(18)16-11-8(3-4-15)5-10(14(21)22-2)23-13(11)12(20)9(19)6-17/h5,8-9,11-13,17,19-20H,3-4,6,15H2,1-2H3,(H,16,18)/t8-,9+,11+,12+,13+/m0/s1. The zero-order chi connectivity index (χ0) is 17.6. The van der Waals surface area contributed by atoms with Crippen LogP contribution >= 0.6 is 0 Å². The molecule has 1 rings (SSSR count). The number of carbonyl (C=O) groups excluding carboxylic acids is 2. The van der Waals surface area contributed by atoms with E-state index >= 15 is 0 Å². The van der Waals surface area contributed by atoms with Crippen LogP contribution < -0.4 is 11.1 Å². The van der Waals surface area contributed by atoms with Crippen LogP contribution in [0.15, 0.2) is 11.8 Å². The normalized spacial score (nSPS) is 26.5. The van der Waals surface area contributed by atoms with Gasteiger partial charge in [-0.3, -0.25) is 4.79 Å². The first kappa shape index (κ1) is 19.4. The van der Waals surface area contributed by atoms with Gasteiger partial charge in [0.1, 0.15) is 18.3 Å². The molecule has 0 bridgehead atoms. The van der Waals surface area contributed by atoms with Gasteiger partial charge in [0.25, 0.3) is 0 Å². The predicted octanol–water partition coefficient (Wildman–Crippen LogP) is -2.37. The average Bonchev–Trinajstić information content (AvgIpc) is 2.53. The number of nitrogens with two attached hydrogens (primary N) is 1. The van der Waals surface area contributed by atoms with Crippen LogP contribution in [-0.2, 0) is 19.1 Å². The minimum atomic E-state index is -1.52. The molecule has 23 heavy (non-hydrogen) atoms. The van der Waals surface area contributed by atoms with Crippen LogP contribution in [0.4, 0.5) is 0 Å². The molecule has 6 N–H and O–H groups in total. The maximum Gasteiger partial charge on any atom is 0.372 e. The maximum atomic E-state index is 11.7. The van der Waals surface area contributed by atoms with E-state index in [1.54, 1.807) is 0 Å². The van der Waals surface area contributed by atoms with E-state index in [-0.39, 0.29) is 18.2 Å². The summed E-state index contributed by atoms with van der Waals surface area (Å²) in [7, 11) is 1.18. The van der Waals surface area contributed by atoms with Crippen LogP contribution in [0, 0.1) is 5.92 Å². The summed E-state index contributed by atoms with van der Waals surface area (Å²) in [5.74, 6) is -1.66.